The van der Waals surface area contributed by atoms with E-state index in [-0.39, 0.29) is 28.3 Å². The van der Waals surface area contributed by atoms with Crippen LogP contribution in [0, 0.1) is 28.1 Å². The number of carbonyl (C=O) groups excluding carboxylic acids is 1. The summed E-state index contributed by atoms with van der Waals surface area (Å²) in [4.78, 5) is 11.8. The van der Waals surface area contributed by atoms with E-state index in [0.717, 1.165) is 12.8 Å². The first-order chi connectivity index (χ1) is 10.1. The largest absolute Gasteiger partial charge is 0.369 e. The summed E-state index contributed by atoms with van der Waals surface area (Å²) in [5.74, 6) is 0.217. The standard InChI is InChI=1S/C20H37NO2/c1-11-20(10,13-18(6,7)15(2)16(3)22)23-19(8,9)12-17(4,5)14-21/h15H,11-13H2,1-10H3. The van der Waals surface area contributed by atoms with Gasteiger partial charge in [-0.05, 0) is 66.2 Å². The molecule has 0 rings (SSSR count). The maximum atomic E-state index is 11.8. The van der Waals surface area contributed by atoms with Gasteiger partial charge in [-0.2, -0.15) is 5.26 Å². The minimum absolute atomic E-state index is 0.00404. The lowest BCUT2D eigenvalue weighted by Crippen LogP contribution is -2.45. The maximum absolute atomic E-state index is 11.8. The van der Waals surface area contributed by atoms with Crippen LogP contribution < -0.4 is 0 Å². The summed E-state index contributed by atoms with van der Waals surface area (Å²) in [6.07, 6.45) is 2.36. The van der Waals surface area contributed by atoms with Gasteiger partial charge in [0, 0.05) is 5.92 Å². The summed E-state index contributed by atoms with van der Waals surface area (Å²) in [5, 5.41) is 9.29. The Bertz CT molecular complexity index is 457. The summed E-state index contributed by atoms with van der Waals surface area (Å²) >= 11 is 0. The number of Topliss-reactive ketones (excluding diaryl/α,β-unsaturated/α-hetero) is 1. The predicted molar refractivity (Wildman–Crippen MR) is 96.1 cm³/mol. The zero-order chi connectivity index (χ0) is 18.7. The van der Waals surface area contributed by atoms with Crippen LogP contribution in [0.25, 0.3) is 0 Å². The topological polar surface area (TPSA) is 50.1 Å². The highest BCUT2D eigenvalue weighted by Gasteiger charge is 2.41. The Morgan fingerprint density at radius 1 is 1.09 bits per heavy atom. The highest BCUT2D eigenvalue weighted by Crippen LogP contribution is 2.42. The van der Waals surface area contributed by atoms with Crippen LogP contribution in [-0.4, -0.2) is 17.0 Å². The van der Waals surface area contributed by atoms with Gasteiger partial charge in [-0.25, -0.2) is 0 Å². The Morgan fingerprint density at radius 3 is 1.91 bits per heavy atom. The Balaban J connectivity index is 5.25. The quantitative estimate of drug-likeness (QED) is 0.560. The van der Waals surface area contributed by atoms with Crippen molar-refractivity contribution in [3.8, 4) is 6.07 Å². The number of hydrogen-bond donors (Lipinski definition) is 0. The number of ketones is 1. The Morgan fingerprint density at radius 2 is 1.57 bits per heavy atom. The number of ether oxygens (including phenoxy) is 1. The Hall–Kier alpha value is -0.880. The van der Waals surface area contributed by atoms with E-state index < -0.39 is 5.41 Å². The zero-order valence-electron chi connectivity index (χ0n) is 17.0. The molecular weight excluding hydrogens is 286 g/mol. The summed E-state index contributed by atoms with van der Waals surface area (Å²) in [7, 11) is 0. The van der Waals surface area contributed by atoms with Crippen LogP contribution in [0.2, 0.25) is 0 Å². The SMILES string of the molecule is CCC(C)(CC(C)(C)C(C)C(C)=O)OC(C)(C)CC(C)(C)C#N. The van der Waals surface area contributed by atoms with Gasteiger partial charge in [0.1, 0.15) is 5.78 Å². The fraction of sp³-hybridized carbons (Fsp3) is 0.900. The normalized spacial score (nSPS) is 17.3. The molecule has 3 heteroatoms. The smallest absolute Gasteiger partial charge is 0.133 e. The van der Waals surface area contributed by atoms with E-state index in [0.29, 0.717) is 6.42 Å². The number of carbonyl (C=O) groups is 1. The van der Waals surface area contributed by atoms with E-state index in [9.17, 15) is 10.1 Å². The third-order valence-corrected chi connectivity index (χ3v) is 5.05. The summed E-state index contributed by atoms with van der Waals surface area (Å²) < 4.78 is 6.52. The van der Waals surface area contributed by atoms with Crippen molar-refractivity contribution in [2.24, 2.45) is 16.7 Å². The van der Waals surface area contributed by atoms with Crippen LogP contribution in [0.15, 0.2) is 0 Å². The molecule has 23 heavy (non-hydrogen) atoms. The lowest BCUT2D eigenvalue weighted by atomic mass is 9.70. The molecule has 0 aromatic heterocycles. The van der Waals surface area contributed by atoms with E-state index in [4.69, 9.17) is 4.74 Å². The molecule has 0 amide bonds. The average Bonchev–Trinajstić information content (AvgIpc) is 2.34. The first-order valence-corrected chi connectivity index (χ1v) is 8.72. The number of hydrogen-bond acceptors (Lipinski definition) is 3. The molecular formula is C20H37NO2. The lowest BCUT2D eigenvalue weighted by Gasteiger charge is -2.45. The molecule has 0 heterocycles. The van der Waals surface area contributed by atoms with Crippen LogP contribution >= 0.6 is 0 Å². The lowest BCUT2D eigenvalue weighted by molar-refractivity contribution is -0.163. The molecule has 0 bridgehead atoms. The molecule has 0 N–H and O–H groups in total. The van der Waals surface area contributed by atoms with E-state index in [1.807, 2.05) is 20.8 Å². The fourth-order valence-corrected chi connectivity index (χ4v) is 3.71. The van der Waals surface area contributed by atoms with Crippen LogP contribution in [0.3, 0.4) is 0 Å². The number of nitrogens with zero attached hydrogens (tertiary/aromatic N) is 1. The summed E-state index contributed by atoms with van der Waals surface area (Å²) in [5.41, 5.74) is -1.25. The van der Waals surface area contributed by atoms with Gasteiger partial charge in [0.15, 0.2) is 0 Å². The fourth-order valence-electron chi connectivity index (χ4n) is 3.71. The van der Waals surface area contributed by atoms with Crippen molar-refractivity contribution in [2.75, 3.05) is 0 Å². The van der Waals surface area contributed by atoms with Crippen molar-refractivity contribution in [3.05, 3.63) is 0 Å². The van der Waals surface area contributed by atoms with Crippen LogP contribution in [0.1, 0.15) is 88.5 Å². The highest BCUT2D eigenvalue weighted by molar-refractivity contribution is 5.78. The molecule has 3 nitrogen and oxygen atoms in total. The summed E-state index contributed by atoms with van der Waals surface area (Å²) in [6, 6.07) is 2.36. The van der Waals surface area contributed by atoms with Gasteiger partial charge in [0.05, 0.1) is 22.7 Å². The van der Waals surface area contributed by atoms with Crippen molar-refractivity contribution >= 4 is 5.78 Å². The van der Waals surface area contributed by atoms with Gasteiger partial charge in [0.25, 0.3) is 0 Å². The molecule has 0 saturated heterocycles. The van der Waals surface area contributed by atoms with Gasteiger partial charge >= 0.3 is 0 Å². The second-order valence-corrected chi connectivity index (χ2v) is 9.34. The van der Waals surface area contributed by atoms with Crippen molar-refractivity contribution in [1.82, 2.24) is 0 Å². The van der Waals surface area contributed by atoms with Crippen LogP contribution in [0.5, 0.6) is 0 Å². The molecule has 0 fully saturated rings. The second-order valence-electron chi connectivity index (χ2n) is 9.34. The van der Waals surface area contributed by atoms with E-state index in [1.54, 1.807) is 6.92 Å². The minimum atomic E-state index is -0.416. The van der Waals surface area contributed by atoms with Crippen molar-refractivity contribution in [1.29, 1.82) is 5.26 Å². The van der Waals surface area contributed by atoms with Crippen molar-refractivity contribution in [3.63, 3.8) is 0 Å². The van der Waals surface area contributed by atoms with Gasteiger partial charge in [-0.1, -0.05) is 27.7 Å². The van der Waals surface area contributed by atoms with E-state index >= 15 is 0 Å². The molecule has 0 aliphatic rings. The highest BCUT2D eigenvalue weighted by atomic mass is 16.5. The van der Waals surface area contributed by atoms with Crippen molar-refractivity contribution in [2.45, 2.75) is 99.7 Å². The zero-order valence-corrected chi connectivity index (χ0v) is 17.0. The van der Waals surface area contributed by atoms with Gasteiger partial charge in [-0.3, -0.25) is 4.79 Å². The third-order valence-electron chi connectivity index (χ3n) is 5.05. The molecule has 0 aliphatic carbocycles. The van der Waals surface area contributed by atoms with Crippen molar-refractivity contribution < 1.29 is 9.53 Å². The van der Waals surface area contributed by atoms with Gasteiger partial charge in [0.2, 0.25) is 0 Å². The second kappa shape index (κ2) is 7.34. The Labute approximate surface area is 143 Å². The average molecular weight is 324 g/mol. The molecule has 0 radical (unpaired) electrons. The molecule has 0 aliphatic heterocycles. The maximum Gasteiger partial charge on any atom is 0.133 e. The van der Waals surface area contributed by atoms with Gasteiger partial charge < -0.3 is 4.74 Å². The Kier molecular flexibility index (Phi) is 7.06. The van der Waals surface area contributed by atoms with E-state index in [2.05, 4.69) is 47.6 Å². The van der Waals surface area contributed by atoms with Crippen LogP contribution in [-0.2, 0) is 9.53 Å². The monoisotopic (exact) mass is 323 g/mol. The molecule has 2 unspecified atom stereocenters. The predicted octanol–water partition coefficient (Wildman–Crippen LogP) is 5.53. The molecule has 2 atom stereocenters. The molecule has 0 saturated carbocycles. The first kappa shape index (κ1) is 22.1. The molecule has 0 spiro atoms. The van der Waals surface area contributed by atoms with E-state index in [1.165, 1.54) is 0 Å². The van der Waals surface area contributed by atoms with Crippen LogP contribution in [0.4, 0.5) is 0 Å². The molecule has 0 aromatic rings. The third kappa shape index (κ3) is 7.04. The van der Waals surface area contributed by atoms with Gasteiger partial charge in [-0.15, -0.1) is 0 Å². The number of nitriles is 1. The number of rotatable bonds is 9. The minimum Gasteiger partial charge on any atom is -0.369 e. The first-order valence-electron chi connectivity index (χ1n) is 8.72. The summed E-state index contributed by atoms with van der Waals surface area (Å²) in [6.45, 7) is 20.2. The molecule has 134 valence electrons. The molecule has 0 aromatic carbocycles.